The Balaban J connectivity index is 2.97. The molecule has 0 saturated heterocycles. The molecule has 0 spiro atoms. The molecule has 20 heavy (non-hydrogen) atoms. The number of aliphatic imine (C=N–C) groups is 1. The molecule has 1 aromatic heterocycles. The largest absolute Gasteiger partial charge is 0.419 e. The lowest BCUT2D eigenvalue weighted by molar-refractivity contribution is -0.137. The van der Waals surface area contributed by atoms with Crippen LogP contribution in [0.1, 0.15) is 11.1 Å². The van der Waals surface area contributed by atoms with Crippen LogP contribution in [0.25, 0.3) is 5.70 Å². The van der Waals surface area contributed by atoms with E-state index in [4.69, 9.17) is 11.5 Å². The number of nitrogens with zero attached hydrogens (tertiary/aromatic N) is 2. The van der Waals surface area contributed by atoms with Gasteiger partial charge in [0.2, 0.25) is 0 Å². The second-order valence-corrected chi connectivity index (χ2v) is 3.68. The van der Waals surface area contributed by atoms with Crippen LogP contribution in [0, 0.1) is 0 Å². The van der Waals surface area contributed by atoms with Gasteiger partial charge in [0.05, 0.1) is 12.1 Å². The summed E-state index contributed by atoms with van der Waals surface area (Å²) in [5, 5.41) is 0. The Morgan fingerprint density at radius 2 is 2.05 bits per heavy atom. The van der Waals surface area contributed by atoms with Crippen molar-refractivity contribution in [1.82, 2.24) is 4.98 Å². The molecular formula is C11H11F5N4. The first-order valence-electron chi connectivity index (χ1n) is 5.28. The van der Waals surface area contributed by atoms with Crippen LogP contribution in [0.4, 0.5) is 27.8 Å². The van der Waals surface area contributed by atoms with Crippen LogP contribution in [-0.2, 0) is 6.18 Å². The molecule has 0 radical (unpaired) electrons. The van der Waals surface area contributed by atoms with Crippen LogP contribution in [0.15, 0.2) is 23.3 Å². The first kappa shape index (κ1) is 15.9. The molecule has 0 amide bonds. The van der Waals surface area contributed by atoms with Crippen LogP contribution >= 0.6 is 0 Å². The van der Waals surface area contributed by atoms with E-state index in [2.05, 4.69) is 9.98 Å². The van der Waals surface area contributed by atoms with Crippen molar-refractivity contribution in [3.8, 4) is 0 Å². The number of alkyl halides is 5. The zero-order valence-corrected chi connectivity index (χ0v) is 10.0. The average molecular weight is 294 g/mol. The van der Waals surface area contributed by atoms with Gasteiger partial charge in [0.15, 0.2) is 0 Å². The maximum Gasteiger partial charge on any atom is 0.419 e. The van der Waals surface area contributed by atoms with Gasteiger partial charge in [0.1, 0.15) is 5.82 Å². The molecule has 4 N–H and O–H groups in total. The van der Waals surface area contributed by atoms with E-state index in [0.717, 1.165) is 24.6 Å². The molecular weight excluding hydrogens is 283 g/mol. The number of pyridine rings is 1. The van der Waals surface area contributed by atoms with Crippen molar-refractivity contribution < 1.29 is 22.0 Å². The summed E-state index contributed by atoms with van der Waals surface area (Å²) in [7, 11) is 0. The molecule has 0 atom stereocenters. The van der Waals surface area contributed by atoms with Crippen molar-refractivity contribution in [2.45, 2.75) is 12.6 Å². The van der Waals surface area contributed by atoms with E-state index in [1.54, 1.807) is 0 Å². The Kier molecular flexibility index (Phi) is 5.00. The van der Waals surface area contributed by atoms with Crippen LogP contribution in [-0.4, -0.2) is 24.2 Å². The van der Waals surface area contributed by atoms with Crippen molar-refractivity contribution in [2.24, 2.45) is 10.7 Å². The number of halogens is 5. The maximum atomic E-state index is 12.6. The van der Waals surface area contributed by atoms with Gasteiger partial charge in [-0.05, 0) is 12.1 Å². The van der Waals surface area contributed by atoms with E-state index >= 15 is 0 Å². The number of rotatable bonds is 4. The van der Waals surface area contributed by atoms with Gasteiger partial charge in [-0.1, -0.05) is 0 Å². The fourth-order valence-corrected chi connectivity index (χ4v) is 1.23. The molecule has 1 rings (SSSR count). The lowest BCUT2D eigenvalue weighted by Gasteiger charge is -2.10. The summed E-state index contributed by atoms with van der Waals surface area (Å²) in [6.07, 6.45) is -4.11. The van der Waals surface area contributed by atoms with Gasteiger partial charge in [-0.3, -0.25) is 4.99 Å². The quantitative estimate of drug-likeness (QED) is 0.661. The SMILES string of the molecule is NC(=CC=NCC(F)F)c1cnc(N)c(C(F)(F)F)c1. The van der Waals surface area contributed by atoms with Crippen LogP contribution in [0.5, 0.6) is 0 Å². The van der Waals surface area contributed by atoms with E-state index in [1.807, 2.05) is 0 Å². The molecule has 1 aromatic rings. The number of hydrogen-bond acceptors (Lipinski definition) is 4. The second-order valence-electron chi connectivity index (χ2n) is 3.68. The highest BCUT2D eigenvalue weighted by Gasteiger charge is 2.34. The predicted molar refractivity (Wildman–Crippen MR) is 65.2 cm³/mol. The minimum Gasteiger partial charge on any atom is -0.398 e. The van der Waals surface area contributed by atoms with Gasteiger partial charge in [-0.2, -0.15) is 13.2 Å². The summed E-state index contributed by atoms with van der Waals surface area (Å²) < 4.78 is 61.4. The van der Waals surface area contributed by atoms with Gasteiger partial charge in [0.25, 0.3) is 6.43 Å². The molecule has 9 heteroatoms. The van der Waals surface area contributed by atoms with Gasteiger partial charge in [0, 0.05) is 23.7 Å². The number of nitrogens with two attached hydrogens (primary N) is 2. The smallest absolute Gasteiger partial charge is 0.398 e. The van der Waals surface area contributed by atoms with E-state index in [-0.39, 0.29) is 11.3 Å². The molecule has 0 bridgehead atoms. The highest BCUT2D eigenvalue weighted by molar-refractivity contribution is 5.83. The zero-order chi connectivity index (χ0) is 15.3. The van der Waals surface area contributed by atoms with Crippen LogP contribution in [0.2, 0.25) is 0 Å². The van der Waals surface area contributed by atoms with Gasteiger partial charge in [-0.15, -0.1) is 0 Å². The molecule has 0 unspecified atom stereocenters. The lowest BCUT2D eigenvalue weighted by atomic mass is 10.1. The van der Waals surface area contributed by atoms with Crippen molar-refractivity contribution in [3.05, 3.63) is 29.5 Å². The van der Waals surface area contributed by atoms with Gasteiger partial charge < -0.3 is 11.5 Å². The van der Waals surface area contributed by atoms with Crippen molar-refractivity contribution in [1.29, 1.82) is 0 Å². The minimum absolute atomic E-state index is 0.0324. The number of allylic oxidation sites excluding steroid dienone is 1. The van der Waals surface area contributed by atoms with Crippen molar-refractivity contribution >= 4 is 17.7 Å². The van der Waals surface area contributed by atoms with Crippen LogP contribution < -0.4 is 11.5 Å². The Morgan fingerprint density at radius 3 is 2.60 bits per heavy atom. The molecule has 0 aliphatic heterocycles. The Hall–Kier alpha value is -2.19. The minimum atomic E-state index is -4.66. The first-order valence-corrected chi connectivity index (χ1v) is 5.28. The highest BCUT2D eigenvalue weighted by Crippen LogP contribution is 2.33. The fourth-order valence-electron chi connectivity index (χ4n) is 1.23. The van der Waals surface area contributed by atoms with Gasteiger partial charge in [-0.25, -0.2) is 13.8 Å². The molecule has 0 saturated carbocycles. The first-order chi connectivity index (χ1) is 9.21. The second kappa shape index (κ2) is 6.31. The Labute approximate surface area is 111 Å². The third-order valence-corrected chi connectivity index (χ3v) is 2.16. The number of anilines is 1. The molecule has 4 nitrogen and oxygen atoms in total. The summed E-state index contributed by atoms with van der Waals surface area (Å²) in [5.74, 6) is -0.666. The molecule has 0 aliphatic carbocycles. The average Bonchev–Trinajstić information content (AvgIpc) is 2.33. The van der Waals surface area contributed by atoms with E-state index in [1.165, 1.54) is 0 Å². The van der Waals surface area contributed by atoms with E-state index < -0.39 is 30.5 Å². The molecule has 110 valence electrons. The number of hydrogen-bond donors (Lipinski definition) is 2. The van der Waals surface area contributed by atoms with Gasteiger partial charge >= 0.3 is 6.18 Å². The molecule has 1 heterocycles. The number of nitrogen functional groups attached to an aromatic ring is 1. The monoisotopic (exact) mass is 294 g/mol. The predicted octanol–water partition coefficient (Wildman–Crippen LogP) is 2.32. The van der Waals surface area contributed by atoms with E-state index in [9.17, 15) is 22.0 Å². The Bertz CT molecular complexity index is 522. The Morgan fingerprint density at radius 1 is 1.40 bits per heavy atom. The van der Waals surface area contributed by atoms with Crippen molar-refractivity contribution in [3.63, 3.8) is 0 Å². The summed E-state index contributed by atoms with van der Waals surface area (Å²) in [6.45, 7) is -0.711. The maximum absolute atomic E-state index is 12.6. The lowest BCUT2D eigenvalue weighted by Crippen LogP contribution is -2.12. The van der Waals surface area contributed by atoms with E-state index in [0.29, 0.717) is 0 Å². The molecule has 0 fully saturated rings. The molecule has 0 aromatic carbocycles. The standard InChI is InChI=1S/C11H11F5N4/c12-9(13)5-19-2-1-8(17)6-3-7(11(14,15)16)10(18)20-4-6/h1-4,9H,5,17H2,(H2,18,20). The summed E-state index contributed by atoms with van der Waals surface area (Å²) in [6, 6.07) is 0.731. The third-order valence-electron chi connectivity index (χ3n) is 2.16. The number of aromatic nitrogens is 1. The topological polar surface area (TPSA) is 77.3 Å². The summed E-state index contributed by atoms with van der Waals surface area (Å²) in [5.41, 5.74) is 9.39. The van der Waals surface area contributed by atoms with Crippen LogP contribution in [0.3, 0.4) is 0 Å². The summed E-state index contributed by atoms with van der Waals surface area (Å²) in [4.78, 5) is 6.72. The van der Waals surface area contributed by atoms with Crippen molar-refractivity contribution in [2.75, 3.05) is 12.3 Å². The normalized spacial score (nSPS) is 13.4. The fraction of sp³-hybridized carbons (Fsp3) is 0.273. The zero-order valence-electron chi connectivity index (χ0n) is 10.0. The summed E-state index contributed by atoms with van der Waals surface area (Å²) >= 11 is 0. The highest BCUT2D eigenvalue weighted by atomic mass is 19.4. The third kappa shape index (κ3) is 4.48. The molecule has 0 aliphatic rings.